The number of rotatable bonds is 5. The summed E-state index contributed by atoms with van der Waals surface area (Å²) in [6.07, 6.45) is 3.49. The van der Waals surface area contributed by atoms with Crippen LogP contribution in [-0.2, 0) is 0 Å². The molecule has 0 atom stereocenters. The molecule has 0 amide bonds. The number of hydrogen-bond acceptors (Lipinski definition) is 6. The molecular formula is C23H20N6. The summed E-state index contributed by atoms with van der Waals surface area (Å²) in [4.78, 5) is 13.7. The van der Waals surface area contributed by atoms with Crippen molar-refractivity contribution in [1.82, 2.24) is 20.2 Å². The van der Waals surface area contributed by atoms with Gasteiger partial charge in [-0.25, -0.2) is 0 Å². The first-order chi connectivity index (χ1) is 14.3. The molecule has 6 nitrogen and oxygen atoms in total. The second-order valence-electron chi connectivity index (χ2n) is 6.39. The van der Waals surface area contributed by atoms with Gasteiger partial charge in [0, 0.05) is 30.7 Å². The number of pyridine rings is 2. The molecule has 1 N–H and O–H groups in total. The lowest BCUT2D eigenvalue weighted by Crippen LogP contribution is -2.05. The number of para-hydroxylation sites is 2. The second-order valence-corrected chi connectivity index (χ2v) is 6.39. The molecule has 142 valence electrons. The van der Waals surface area contributed by atoms with Crippen molar-refractivity contribution in [3.63, 3.8) is 0 Å². The largest absolute Gasteiger partial charge is 0.386 e. The van der Waals surface area contributed by atoms with Crippen molar-refractivity contribution >= 4 is 17.1 Å². The predicted octanol–water partition coefficient (Wildman–Crippen LogP) is 4.78. The van der Waals surface area contributed by atoms with Crippen molar-refractivity contribution in [2.75, 3.05) is 12.4 Å². The van der Waals surface area contributed by atoms with Crippen LogP contribution in [0.1, 0.15) is 12.5 Å². The van der Waals surface area contributed by atoms with Crippen LogP contribution in [0.5, 0.6) is 0 Å². The minimum absolute atomic E-state index is 0.688. The molecule has 6 heteroatoms. The molecule has 0 saturated carbocycles. The Kier molecular flexibility index (Phi) is 5.33. The van der Waals surface area contributed by atoms with Crippen LogP contribution in [0.25, 0.3) is 22.8 Å². The van der Waals surface area contributed by atoms with E-state index in [4.69, 9.17) is 4.99 Å². The molecular weight excluding hydrogens is 360 g/mol. The maximum Gasteiger partial charge on any atom is 0.120 e. The Bertz CT molecular complexity index is 1140. The summed E-state index contributed by atoms with van der Waals surface area (Å²) in [6, 6.07) is 21.3. The highest BCUT2D eigenvalue weighted by atomic mass is 15.1. The van der Waals surface area contributed by atoms with Gasteiger partial charge in [-0.15, -0.1) is 10.2 Å². The first-order valence-corrected chi connectivity index (χ1v) is 9.29. The van der Waals surface area contributed by atoms with Gasteiger partial charge in [-0.05, 0) is 49.4 Å². The zero-order valence-electron chi connectivity index (χ0n) is 16.2. The van der Waals surface area contributed by atoms with Crippen LogP contribution < -0.4 is 5.32 Å². The monoisotopic (exact) mass is 380 g/mol. The number of nitrogens with zero attached hydrogens (tertiary/aromatic N) is 5. The standard InChI is InChI=1S/C23H20N6/c1-16(27-20-11-4-3-9-18(20)24-2)17-15-22(19-10-5-7-13-25-19)28-29-23(17)21-12-6-8-14-26-21/h3-15,24H,1-2H3. The molecule has 0 bridgehead atoms. The Hall–Kier alpha value is -3.93. The van der Waals surface area contributed by atoms with E-state index in [1.165, 1.54) is 0 Å². The van der Waals surface area contributed by atoms with Gasteiger partial charge in [-0.1, -0.05) is 24.3 Å². The zero-order chi connectivity index (χ0) is 20.1. The first-order valence-electron chi connectivity index (χ1n) is 9.29. The summed E-state index contributed by atoms with van der Waals surface area (Å²) in [5.41, 5.74) is 6.39. The Morgan fingerprint density at radius 1 is 0.793 bits per heavy atom. The summed E-state index contributed by atoms with van der Waals surface area (Å²) in [7, 11) is 1.89. The van der Waals surface area contributed by atoms with Gasteiger partial charge in [0.15, 0.2) is 0 Å². The molecule has 4 aromatic rings. The van der Waals surface area contributed by atoms with E-state index in [-0.39, 0.29) is 0 Å². The van der Waals surface area contributed by atoms with Crippen LogP contribution in [0.15, 0.2) is 84.1 Å². The normalized spacial score (nSPS) is 11.3. The predicted molar refractivity (Wildman–Crippen MR) is 116 cm³/mol. The molecule has 0 aliphatic rings. The number of nitrogens with one attached hydrogen (secondary N) is 1. The van der Waals surface area contributed by atoms with E-state index < -0.39 is 0 Å². The maximum atomic E-state index is 4.86. The summed E-state index contributed by atoms with van der Waals surface area (Å²) in [5, 5.41) is 12.0. The van der Waals surface area contributed by atoms with E-state index in [0.717, 1.165) is 34.0 Å². The average molecular weight is 380 g/mol. The fraction of sp³-hybridized carbons (Fsp3) is 0.0870. The Morgan fingerprint density at radius 2 is 1.48 bits per heavy atom. The van der Waals surface area contributed by atoms with Crippen LogP contribution in [0.2, 0.25) is 0 Å². The Balaban J connectivity index is 1.87. The molecule has 4 rings (SSSR count). The number of anilines is 1. The fourth-order valence-corrected chi connectivity index (χ4v) is 3.02. The van der Waals surface area contributed by atoms with Gasteiger partial charge >= 0.3 is 0 Å². The molecule has 0 aliphatic heterocycles. The fourth-order valence-electron chi connectivity index (χ4n) is 3.02. The van der Waals surface area contributed by atoms with E-state index in [2.05, 4.69) is 25.5 Å². The summed E-state index contributed by atoms with van der Waals surface area (Å²) < 4.78 is 0. The Labute approximate surface area is 169 Å². The number of aromatic nitrogens is 4. The SMILES string of the molecule is CNc1ccccc1N=C(C)c1cc(-c2ccccn2)nnc1-c1ccccn1. The number of aliphatic imine (C=N–C) groups is 1. The molecule has 0 fully saturated rings. The van der Waals surface area contributed by atoms with Gasteiger partial charge in [0.05, 0.1) is 22.8 Å². The lowest BCUT2D eigenvalue weighted by Gasteiger charge is -2.11. The third-order valence-electron chi connectivity index (χ3n) is 4.48. The summed E-state index contributed by atoms with van der Waals surface area (Å²) in [5.74, 6) is 0. The maximum absolute atomic E-state index is 4.86. The van der Waals surface area contributed by atoms with Crippen molar-refractivity contribution in [3.8, 4) is 22.8 Å². The van der Waals surface area contributed by atoms with Crippen LogP contribution in [0.4, 0.5) is 11.4 Å². The van der Waals surface area contributed by atoms with Crippen LogP contribution >= 0.6 is 0 Å². The van der Waals surface area contributed by atoms with E-state index in [1.807, 2.05) is 80.7 Å². The lowest BCUT2D eigenvalue weighted by molar-refractivity contribution is 1.02. The van der Waals surface area contributed by atoms with Crippen LogP contribution in [0, 0.1) is 0 Å². The molecule has 3 aromatic heterocycles. The van der Waals surface area contributed by atoms with Gasteiger partial charge in [0.2, 0.25) is 0 Å². The Morgan fingerprint density at radius 3 is 2.17 bits per heavy atom. The minimum atomic E-state index is 0.688. The van der Waals surface area contributed by atoms with E-state index >= 15 is 0 Å². The minimum Gasteiger partial charge on any atom is -0.386 e. The van der Waals surface area contributed by atoms with Crippen molar-refractivity contribution in [1.29, 1.82) is 0 Å². The first kappa shape index (κ1) is 18.4. The molecule has 0 radical (unpaired) electrons. The van der Waals surface area contributed by atoms with Crippen molar-refractivity contribution in [3.05, 3.63) is 84.7 Å². The van der Waals surface area contributed by atoms with Crippen molar-refractivity contribution < 1.29 is 0 Å². The zero-order valence-corrected chi connectivity index (χ0v) is 16.2. The average Bonchev–Trinajstić information content (AvgIpc) is 2.80. The molecule has 1 aromatic carbocycles. The highest BCUT2D eigenvalue weighted by Crippen LogP contribution is 2.28. The van der Waals surface area contributed by atoms with Gasteiger partial charge in [0.1, 0.15) is 11.4 Å². The smallest absolute Gasteiger partial charge is 0.120 e. The topological polar surface area (TPSA) is 76.0 Å². The summed E-state index contributed by atoms with van der Waals surface area (Å²) in [6.45, 7) is 1.97. The number of hydrogen-bond donors (Lipinski definition) is 1. The van der Waals surface area contributed by atoms with Crippen molar-refractivity contribution in [2.24, 2.45) is 4.99 Å². The highest BCUT2D eigenvalue weighted by Gasteiger charge is 2.15. The molecule has 29 heavy (non-hydrogen) atoms. The summed E-state index contributed by atoms with van der Waals surface area (Å²) >= 11 is 0. The van der Waals surface area contributed by atoms with Gasteiger partial charge in [-0.3, -0.25) is 15.0 Å². The quantitative estimate of drug-likeness (QED) is 0.504. The molecule has 3 heterocycles. The molecule has 0 aliphatic carbocycles. The van der Waals surface area contributed by atoms with Gasteiger partial charge < -0.3 is 5.32 Å². The highest BCUT2D eigenvalue weighted by molar-refractivity contribution is 6.05. The van der Waals surface area contributed by atoms with E-state index in [9.17, 15) is 0 Å². The van der Waals surface area contributed by atoms with Crippen LogP contribution in [-0.4, -0.2) is 32.9 Å². The third kappa shape index (κ3) is 4.01. The third-order valence-corrected chi connectivity index (χ3v) is 4.48. The van der Waals surface area contributed by atoms with Crippen molar-refractivity contribution in [2.45, 2.75) is 6.92 Å². The molecule has 0 saturated heterocycles. The molecule has 0 unspecified atom stereocenters. The van der Waals surface area contributed by atoms with Crippen LogP contribution in [0.3, 0.4) is 0 Å². The lowest BCUT2D eigenvalue weighted by atomic mass is 10.0. The van der Waals surface area contributed by atoms with Gasteiger partial charge in [0.25, 0.3) is 0 Å². The number of benzene rings is 1. The second kappa shape index (κ2) is 8.39. The van der Waals surface area contributed by atoms with E-state index in [0.29, 0.717) is 11.4 Å². The van der Waals surface area contributed by atoms with Gasteiger partial charge in [-0.2, -0.15) is 0 Å². The molecule has 0 spiro atoms. The van der Waals surface area contributed by atoms with E-state index in [1.54, 1.807) is 12.4 Å².